The van der Waals surface area contributed by atoms with Crippen LogP contribution < -0.4 is 18.9 Å². The van der Waals surface area contributed by atoms with Crippen molar-refractivity contribution in [1.29, 1.82) is 0 Å². The molecule has 0 saturated carbocycles. The molecule has 1 fully saturated rings. The van der Waals surface area contributed by atoms with Crippen molar-refractivity contribution in [2.75, 3.05) is 27.9 Å². The Hall–Kier alpha value is -2.82. The number of hydrogen-bond donors (Lipinski definition) is 4. The lowest BCUT2D eigenvalue weighted by Crippen LogP contribution is -2.60. The molecule has 0 radical (unpaired) electrons. The van der Waals surface area contributed by atoms with E-state index in [1.54, 1.807) is 25.3 Å². The Bertz CT molecular complexity index is 928. The fraction of sp³-hybridized carbons (Fsp3) is 0.391. The number of hydrogen-bond acceptors (Lipinski definition) is 9. The van der Waals surface area contributed by atoms with Crippen molar-refractivity contribution in [3.05, 3.63) is 47.5 Å². The number of ether oxygens (including phenoxy) is 5. The van der Waals surface area contributed by atoms with E-state index in [-0.39, 0.29) is 5.75 Å². The highest BCUT2D eigenvalue weighted by Gasteiger charge is 2.45. The topological polar surface area (TPSA) is 127 Å². The molecule has 2 aromatic rings. The van der Waals surface area contributed by atoms with Gasteiger partial charge in [0.05, 0.1) is 27.9 Å². The fourth-order valence-corrected chi connectivity index (χ4v) is 3.33. The lowest BCUT2D eigenvalue weighted by Gasteiger charge is -2.39. The van der Waals surface area contributed by atoms with Crippen LogP contribution in [-0.2, 0) is 4.74 Å². The zero-order valence-corrected chi connectivity index (χ0v) is 18.0. The van der Waals surface area contributed by atoms with E-state index in [1.165, 1.54) is 14.2 Å². The molecule has 1 heterocycles. The number of aliphatic hydroxyl groups is 4. The van der Waals surface area contributed by atoms with E-state index in [0.717, 1.165) is 5.56 Å². The summed E-state index contributed by atoms with van der Waals surface area (Å²) in [6, 6.07) is 10.7. The highest BCUT2D eigenvalue weighted by molar-refractivity contribution is 5.75. The predicted molar refractivity (Wildman–Crippen MR) is 116 cm³/mol. The molecular weight excluding hydrogens is 420 g/mol. The summed E-state index contributed by atoms with van der Waals surface area (Å²) in [6.07, 6.45) is -3.48. The zero-order valence-electron chi connectivity index (χ0n) is 18.0. The normalized spacial score (nSPS) is 25.5. The monoisotopic (exact) mass is 448 g/mol. The van der Waals surface area contributed by atoms with Crippen LogP contribution >= 0.6 is 0 Å². The van der Waals surface area contributed by atoms with Crippen LogP contribution in [-0.4, -0.2) is 79.1 Å². The van der Waals surface area contributed by atoms with Crippen molar-refractivity contribution in [3.63, 3.8) is 0 Å². The van der Waals surface area contributed by atoms with Gasteiger partial charge in [0.2, 0.25) is 6.29 Å². The lowest BCUT2D eigenvalue weighted by atomic mass is 9.99. The van der Waals surface area contributed by atoms with Gasteiger partial charge in [-0.1, -0.05) is 24.3 Å². The van der Waals surface area contributed by atoms with Gasteiger partial charge in [-0.15, -0.1) is 0 Å². The third kappa shape index (κ3) is 5.14. The van der Waals surface area contributed by atoms with Crippen molar-refractivity contribution in [2.24, 2.45) is 0 Å². The first kappa shape index (κ1) is 23.8. The molecule has 1 saturated heterocycles. The average Bonchev–Trinajstić information content (AvgIpc) is 2.83. The largest absolute Gasteiger partial charge is 0.497 e. The molecule has 9 heteroatoms. The molecule has 1 unspecified atom stereocenters. The number of methoxy groups -OCH3 is 3. The van der Waals surface area contributed by atoms with Gasteiger partial charge >= 0.3 is 0 Å². The minimum atomic E-state index is -1.56. The van der Waals surface area contributed by atoms with E-state index in [0.29, 0.717) is 22.8 Å². The fourth-order valence-electron chi connectivity index (χ4n) is 3.33. The van der Waals surface area contributed by atoms with E-state index < -0.39 is 37.3 Å². The minimum absolute atomic E-state index is 0.219. The lowest BCUT2D eigenvalue weighted by molar-refractivity contribution is -0.277. The van der Waals surface area contributed by atoms with Crippen LogP contribution in [0.15, 0.2) is 36.4 Å². The van der Waals surface area contributed by atoms with Crippen molar-refractivity contribution >= 4 is 12.2 Å². The molecule has 174 valence electrons. The molecule has 0 bridgehead atoms. The Kier molecular flexibility index (Phi) is 7.94. The quantitative estimate of drug-likeness (QED) is 0.439. The standard InChI is InChI=1S/C23H28O9/c1-28-15-6-4-5-13(9-15)7-8-14-10-16(29-2)11-17(30-3)22(14)32-23-21(27)20(26)19(25)18(12-24)31-23/h4-11,18-21,23-27H,12H2,1-3H3/b8-7+/t18-,19-,20+,21-,23?/m1/s1. The molecule has 2 aromatic carbocycles. The highest BCUT2D eigenvalue weighted by atomic mass is 16.7. The third-order valence-electron chi connectivity index (χ3n) is 5.14. The van der Waals surface area contributed by atoms with Crippen molar-refractivity contribution in [3.8, 4) is 23.0 Å². The molecule has 0 aromatic heterocycles. The first-order chi connectivity index (χ1) is 15.4. The van der Waals surface area contributed by atoms with Gasteiger partial charge in [0, 0.05) is 11.6 Å². The Morgan fingerprint density at radius 1 is 0.875 bits per heavy atom. The summed E-state index contributed by atoms with van der Waals surface area (Å²) < 4.78 is 27.4. The van der Waals surface area contributed by atoms with Gasteiger partial charge in [-0.2, -0.15) is 0 Å². The van der Waals surface area contributed by atoms with Crippen molar-refractivity contribution < 1.29 is 44.1 Å². The molecule has 0 spiro atoms. The molecule has 0 aliphatic carbocycles. The molecule has 0 amide bonds. The molecule has 5 atom stereocenters. The van der Waals surface area contributed by atoms with Crippen LogP contribution in [0.3, 0.4) is 0 Å². The zero-order chi connectivity index (χ0) is 23.3. The van der Waals surface area contributed by atoms with Gasteiger partial charge in [0.15, 0.2) is 11.5 Å². The van der Waals surface area contributed by atoms with Crippen LogP contribution in [0.4, 0.5) is 0 Å². The molecule has 1 aliphatic heterocycles. The van der Waals surface area contributed by atoms with Crippen LogP contribution in [0.2, 0.25) is 0 Å². The molecular formula is C23H28O9. The molecule has 1 aliphatic rings. The van der Waals surface area contributed by atoms with E-state index in [1.807, 2.05) is 30.3 Å². The predicted octanol–water partition coefficient (Wildman–Crippen LogP) is 1.06. The first-order valence-corrected chi connectivity index (χ1v) is 9.97. The summed E-state index contributed by atoms with van der Waals surface area (Å²) in [5.74, 6) is 1.73. The van der Waals surface area contributed by atoms with Crippen LogP contribution in [0.1, 0.15) is 11.1 Å². The Balaban J connectivity index is 1.97. The van der Waals surface area contributed by atoms with Crippen molar-refractivity contribution in [1.82, 2.24) is 0 Å². The summed E-state index contributed by atoms with van der Waals surface area (Å²) in [4.78, 5) is 0. The summed E-state index contributed by atoms with van der Waals surface area (Å²) in [6.45, 7) is -0.562. The molecule has 9 nitrogen and oxygen atoms in total. The Morgan fingerprint density at radius 2 is 1.62 bits per heavy atom. The maximum Gasteiger partial charge on any atom is 0.229 e. The van der Waals surface area contributed by atoms with E-state index in [2.05, 4.69) is 0 Å². The van der Waals surface area contributed by atoms with E-state index in [4.69, 9.17) is 23.7 Å². The number of aliphatic hydroxyl groups excluding tert-OH is 4. The van der Waals surface area contributed by atoms with Gasteiger partial charge in [0.25, 0.3) is 0 Å². The van der Waals surface area contributed by atoms with Crippen LogP contribution in [0.25, 0.3) is 12.2 Å². The van der Waals surface area contributed by atoms with Gasteiger partial charge in [0.1, 0.15) is 35.9 Å². The van der Waals surface area contributed by atoms with Crippen LogP contribution in [0.5, 0.6) is 23.0 Å². The highest BCUT2D eigenvalue weighted by Crippen LogP contribution is 2.39. The Labute approximate surface area is 186 Å². The maximum atomic E-state index is 10.4. The molecule has 3 rings (SSSR count). The molecule has 4 N–H and O–H groups in total. The SMILES string of the molecule is COc1cccc(/C=C/c2cc(OC)cc(OC)c2OC2O[C@H](CO)[C@@H](O)[C@H](O)[C@H]2O)c1. The summed E-state index contributed by atoms with van der Waals surface area (Å²) in [5, 5.41) is 39.9. The van der Waals surface area contributed by atoms with Gasteiger partial charge in [-0.05, 0) is 23.8 Å². The van der Waals surface area contributed by atoms with E-state index in [9.17, 15) is 20.4 Å². The smallest absolute Gasteiger partial charge is 0.229 e. The second-order valence-corrected chi connectivity index (χ2v) is 7.17. The van der Waals surface area contributed by atoms with Gasteiger partial charge < -0.3 is 44.1 Å². The summed E-state index contributed by atoms with van der Waals surface area (Å²) in [7, 11) is 4.55. The second kappa shape index (κ2) is 10.7. The maximum absolute atomic E-state index is 10.4. The second-order valence-electron chi connectivity index (χ2n) is 7.17. The Morgan fingerprint density at radius 3 is 2.28 bits per heavy atom. The van der Waals surface area contributed by atoms with Crippen molar-refractivity contribution in [2.45, 2.75) is 30.7 Å². The minimum Gasteiger partial charge on any atom is -0.497 e. The average molecular weight is 448 g/mol. The summed E-state index contributed by atoms with van der Waals surface area (Å²) in [5.41, 5.74) is 1.41. The number of rotatable bonds is 8. The first-order valence-electron chi connectivity index (χ1n) is 9.97. The van der Waals surface area contributed by atoms with Crippen LogP contribution in [0, 0.1) is 0 Å². The van der Waals surface area contributed by atoms with Gasteiger partial charge in [-0.3, -0.25) is 0 Å². The summed E-state index contributed by atoms with van der Waals surface area (Å²) >= 11 is 0. The third-order valence-corrected chi connectivity index (χ3v) is 5.14. The molecule has 32 heavy (non-hydrogen) atoms. The van der Waals surface area contributed by atoms with E-state index >= 15 is 0 Å². The van der Waals surface area contributed by atoms with Gasteiger partial charge in [-0.25, -0.2) is 0 Å². The number of benzene rings is 2.